The normalized spacial score (nSPS) is 14.3. The van der Waals surface area contributed by atoms with Gasteiger partial charge in [-0.1, -0.05) is 311 Å². The molecule has 2 N–H and O–H groups in total. The molecule has 0 aliphatic rings. The van der Waals surface area contributed by atoms with Crippen molar-refractivity contribution < 1.29 is 32.9 Å². The highest BCUT2D eigenvalue weighted by Crippen LogP contribution is 2.38. The van der Waals surface area contributed by atoms with Gasteiger partial charge in [-0.25, -0.2) is 0 Å². The van der Waals surface area contributed by atoms with Crippen molar-refractivity contribution in [2.75, 3.05) is 40.9 Å². The van der Waals surface area contributed by atoms with Gasteiger partial charge in [0.15, 0.2) is 0 Å². The van der Waals surface area contributed by atoms with Crippen LogP contribution >= 0.6 is 7.82 Å². The van der Waals surface area contributed by atoms with E-state index in [-0.39, 0.29) is 19.1 Å². The van der Waals surface area contributed by atoms with E-state index >= 15 is 0 Å². The third-order valence-electron chi connectivity index (χ3n) is 14.9. The number of likely N-dealkylation sites (N-methyl/N-ethyl adjacent to an activating group) is 1. The molecule has 0 radical (unpaired) electrons. The minimum Gasteiger partial charge on any atom is -0.756 e. The molecule has 0 bridgehead atoms. The summed E-state index contributed by atoms with van der Waals surface area (Å²) in [4.78, 5) is 25.6. The number of rotatable bonds is 61. The van der Waals surface area contributed by atoms with Crippen LogP contribution in [0, 0.1) is 0 Å². The highest BCUT2D eigenvalue weighted by Gasteiger charge is 2.24. The average molecular weight is 1130 g/mol. The first-order valence-electron chi connectivity index (χ1n) is 33.4. The van der Waals surface area contributed by atoms with Crippen LogP contribution in [0.2, 0.25) is 0 Å². The molecule has 79 heavy (non-hydrogen) atoms. The molecule has 1 amide bonds. The number of quaternary nitrogens is 1. The second-order valence-electron chi connectivity index (χ2n) is 23.8. The Morgan fingerprint density at radius 3 is 1.13 bits per heavy atom. The Kier molecular flexibility index (Phi) is 58.5. The zero-order valence-corrected chi connectivity index (χ0v) is 53.5. The third-order valence-corrected chi connectivity index (χ3v) is 15.9. The zero-order valence-electron chi connectivity index (χ0n) is 52.6. The number of carbonyl (C=O) groups excluding carboxylic acids is 1. The number of phosphoric acid groups is 1. The summed E-state index contributed by atoms with van der Waals surface area (Å²) in [6, 6.07) is -0.805. The van der Waals surface area contributed by atoms with Crippen molar-refractivity contribution in [3.8, 4) is 0 Å². The third kappa shape index (κ3) is 63.1. The SMILES string of the molecule is CC/C=C\C/C=C\C/C=C\C/C=C\C/C=C\C/C=C\C/C=C\CCCCCCCCCCCCCCCCCC(=O)NC(COP(=O)([O-])OCC[N+](C)(C)C)C(O)CCCCCCCCCCCCCCCCCCCCCC. The van der Waals surface area contributed by atoms with E-state index < -0.39 is 20.0 Å². The van der Waals surface area contributed by atoms with Gasteiger partial charge in [0.25, 0.3) is 7.82 Å². The van der Waals surface area contributed by atoms with Crippen molar-refractivity contribution in [2.45, 2.75) is 315 Å². The molecule has 3 unspecified atom stereocenters. The van der Waals surface area contributed by atoms with Gasteiger partial charge in [0, 0.05) is 6.42 Å². The lowest BCUT2D eigenvalue weighted by Crippen LogP contribution is -2.46. The predicted molar refractivity (Wildman–Crippen MR) is 343 cm³/mol. The fraction of sp³-hybridized carbons (Fsp3) is 0.786. The van der Waals surface area contributed by atoms with E-state index in [2.05, 4.69) is 104 Å². The van der Waals surface area contributed by atoms with Gasteiger partial charge in [-0.3, -0.25) is 9.36 Å². The fourth-order valence-corrected chi connectivity index (χ4v) is 10.5. The lowest BCUT2D eigenvalue weighted by molar-refractivity contribution is -0.870. The van der Waals surface area contributed by atoms with Crippen LogP contribution < -0.4 is 10.2 Å². The number of hydrogen-bond acceptors (Lipinski definition) is 6. The van der Waals surface area contributed by atoms with E-state index in [9.17, 15) is 19.4 Å². The smallest absolute Gasteiger partial charge is 0.268 e. The summed E-state index contributed by atoms with van der Waals surface area (Å²) in [7, 11) is 1.31. The van der Waals surface area contributed by atoms with Crippen LogP contribution in [0.3, 0.4) is 0 Å². The van der Waals surface area contributed by atoms with Gasteiger partial charge in [0.2, 0.25) is 5.91 Å². The molecule has 9 heteroatoms. The molecule has 3 atom stereocenters. The number of unbranched alkanes of at least 4 members (excludes halogenated alkanes) is 34. The number of aliphatic hydroxyl groups is 1. The van der Waals surface area contributed by atoms with E-state index in [0.29, 0.717) is 23.9 Å². The number of allylic oxidation sites excluding steroid dienone is 14. The maximum atomic E-state index is 13.0. The van der Waals surface area contributed by atoms with Crippen LogP contribution in [0.1, 0.15) is 303 Å². The quantitative estimate of drug-likeness (QED) is 0.0272. The summed E-state index contributed by atoms with van der Waals surface area (Å²) in [6.07, 6.45) is 85.0. The van der Waals surface area contributed by atoms with Gasteiger partial charge < -0.3 is 28.8 Å². The minimum absolute atomic E-state index is 0.0108. The highest BCUT2D eigenvalue weighted by atomic mass is 31.2. The van der Waals surface area contributed by atoms with Gasteiger partial charge in [-0.15, -0.1) is 0 Å². The van der Waals surface area contributed by atoms with Gasteiger partial charge in [-0.05, 0) is 70.6 Å². The van der Waals surface area contributed by atoms with Gasteiger partial charge in [0.1, 0.15) is 13.2 Å². The van der Waals surface area contributed by atoms with Crippen LogP contribution in [0.25, 0.3) is 0 Å². The molecule has 0 saturated heterocycles. The molecular weight excluding hydrogens is 996 g/mol. The number of nitrogens with one attached hydrogen (secondary N) is 1. The summed E-state index contributed by atoms with van der Waals surface area (Å²) in [5, 5.41) is 14.1. The molecule has 0 aromatic heterocycles. The van der Waals surface area contributed by atoms with Crippen LogP contribution in [0.15, 0.2) is 85.1 Å². The van der Waals surface area contributed by atoms with Crippen LogP contribution in [0.5, 0.6) is 0 Å². The molecule has 0 aromatic rings. The lowest BCUT2D eigenvalue weighted by atomic mass is 10.0. The van der Waals surface area contributed by atoms with E-state index in [0.717, 1.165) is 83.5 Å². The zero-order chi connectivity index (χ0) is 57.7. The molecule has 0 fully saturated rings. The Bertz CT molecular complexity index is 1560. The largest absolute Gasteiger partial charge is 0.756 e. The number of amides is 1. The van der Waals surface area contributed by atoms with Crippen LogP contribution in [0.4, 0.5) is 0 Å². The molecule has 0 aliphatic heterocycles. The summed E-state index contributed by atoms with van der Waals surface area (Å²) in [5.74, 6) is -0.164. The second-order valence-corrected chi connectivity index (χ2v) is 25.2. The molecule has 0 aromatic carbocycles. The molecular formula is C70H129N2O6P. The van der Waals surface area contributed by atoms with Crippen molar-refractivity contribution in [3.05, 3.63) is 85.1 Å². The van der Waals surface area contributed by atoms with Crippen molar-refractivity contribution >= 4 is 13.7 Å². The Labute approximate surface area is 490 Å². The standard InChI is InChI=1S/C70H129N2O6P/c1-6-8-10-12-14-16-18-20-22-24-26-28-29-30-31-32-33-34-35-36-37-38-39-40-41-42-43-44-46-48-50-52-54-56-58-60-62-64-70(74)71-68(67-78-79(75,76)77-66-65-72(3,4)5)69(73)63-61-59-57-55-53-51-49-47-45-27-25-23-21-19-17-15-13-11-9-7-2/h8,10,14,16,20,22,26,28,30-31,33-34,36-37,68-69,73H,6-7,9,11-13,15,17-19,21,23-25,27,29,32,35,38-67H2,1-5H3,(H-,71,74,75,76)/b10-8-,16-14-,22-20-,28-26-,31-30-,34-33-,37-36-. The maximum Gasteiger partial charge on any atom is 0.268 e. The Hall–Kier alpha value is -2.32. The second kappa shape index (κ2) is 60.3. The Morgan fingerprint density at radius 1 is 0.456 bits per heavy atom. The molecule has 0 saturated carbocycles. The maximum absolute atomic E-state index is 13.0. The lowest BCUT2D eigenvalue weighted by Gasteiger charge is -2.30. The summed E-state index contributed by atoms with van der Waals surface area (Å²) >= 11 is 0. The number of hydrogen-bond donors (Lipinski definition) is 2. The van der Waals surface area contributed by atoms with Crippen molar-refractivity contribution in [2.24, 2.45) is 0 Å². The summed E-state index contributed by atoms with van der Waals surface area (Å²) in [6.45, 7) is 4.64. The first-order valence-corrected chi connectivity index (χ1v) is 34.9. The Morgan fingerprint density at radius 2 is 0.772 bits per heavy atom. The van der Waals surface area contributed by atoms with E-state index in [4.69, 9.17) is 9.05 Å². The van der Waals surface area contributed by atoms with Gasteiger partial charge >= 0.3 is 0 Å². The number of aliphatic hydroxyl groups excluding tert-OH is 1. The van der Waals surface area contributed by atoms with Crippen molar-refractivity contribution in [1.82, 2.24) is 5.32 Å². The predicted octanol–water partition coefficient (Wildman–Crippen LogP) is 20.5. The van der Waals surface area contributed by atoms with E-state index in [1.807, 2.05) is 21.1 Å². The highest BCUT2D eigenvalue weighted by molar-refractivity contribution is 7.45. The monoisotopic (exact) mass is 1120 g/mol. The molecule has 8 nitrogen and oxygen atoms in total. The molecule has 0 rings (SSSR count). The fourth-order valence-electron chi connectivity index (χ4n) is 9.73. The van der Waals surface area contributed by atoms with Gasteiger partial charge in [0.05, 0.1) is 39.9 Å². The van der Waals surface area contributed by atoms with Crippen LogP contribution in [-0.2, 0) is 18.4 Å². The summed E-state index contributed by atoms with van der Waals surface area (Å²) in [5.41, 5.74) is 0. The van der Waals surface area contributed by atoms with Crippen molar-refractivity contribution in [1.29, 1.82) is 0 Å². The minimum atomic E-state index is -4.58. The Balaban J connectivity index is 4.03. The molecule has 0 aliphatic carbocycles. The van der Waals surface area contributed by atoms with Gasteiger partial charge in [-0.2, -0.15) is 0 Å². The van der Waals surface area contributed by atoms with Crippen LogP contribution in [-0.4, -0.2) is 68.5 Å². The van der Waals surface area contributed by atoms with E-state index in [1.165, 1.54) is 193 Å². The molecule has 460 valence electrons. The first-order chi connectivity index (χ1) is 38.5. The molecule has 0 spiro atoms. The number of carbonyl (C=O) groups is 1. The number of nitrogens with zero attached hydrogens (tertiary/aromatic N) is 1. The summed E-state index contributed by atoms with van der Waals surface area (Å²) < 4.78 is 23.5. The van der Waals surface area contributed by atoms with Crippen molar-refractivity contribution in [3.63, 3.8) is 0 Å². The van der Waals surface area contributed by atoms with E-state index in [1.54, 1.807) is 0 Å². The number of phosphoric ester groups is 1. The average Bonchev–Trinajstić information content (AvgIpc) is 3.42. The topological polar surface area (TPSA) is 108 Å². The first kappa shape index (κ1) is 76.7. The molecule has 0 heterocycles.